The van der Waals surface area contributed by atoms with Gasteiger partial charge in [0.25, 0.3) is 0 Å². The largest absolute Gasteiger partial charge is 0.339 e. The number of carbonyl (C=O) groups is 1. The zero-order chi connectivity index (χ0) is 15.5. The molecular formula is C16H21N5O. The smallest absolute Gasteiger partial charge is 0.227 e. The topological polar surface area (TPSA) is 73.9 Å². The standard InChI is InChI=1S/C16H21N5O/c1-11-14(12(2)20-19-11)9-16(22)21-8-7-18-15(10-21)13-3-5-17-6-4-13/h3-6,15,18H,7-10H2,1-2H3,(H,19,20). The molecule has 0 spiro atoms. The van der Waals surface area contributed by atoms with Gasteiger partial charge >= 0.3 is 0 Å². The van der Waals surface area contributed by atoms with Crippen LogP contribution >= 0.6 is 0 Å². The van der Waals surface area contributed by atoms with E-state index in [1.54, 1.807) is 12.4 Å². The van der Waals surface area contributed by atoms with Gasteiger partial charge in [-0.2, -0.15) is 5.10 Å². The fraction of sp³-hybridized carbons (Fsp3) is 0.438. The third kappa shape index (κ3) is 3.01. The summed E-state index contributed by atoms with van der Waals surface area (Å²) in [6.07, 6.45) is 3.99. The van der Waals surface area contributed by atoms with Crippen molar-refractivity contribution in [3.05, 3.63) is 47.0 Å². The minimum atomic E-state index is 0.160. The number of hydrogen-bond acceptors (Lipinski definition) is 4. The molecular weight excluding hydrogens is 278 g/mol. The Morgan fingerprint density at radius 2 is 2.14 bits per heavy atom. The number of nitrogens with one attached hydrogen (secondary N) is 2. The summed E-state index contributed by atoms with van der Waals surface area (Å²) < 4.78 is 0. The van der Waals surface area contributed by atoms with Crippen LogP contribution in [0.2, 0.25) is 0 Å². The highest BCUT2D eigenvalue weighted by Gasteiger charge is 2.25. The first-order valence-corrected chi connectivity index (χ1v) is 7.56. The highest BCUT2D eigenvalue weighted by atomic mass is 16.2. The molecule has 1 aliphatic heterocycles. The third-order valence-corrected chi connectivity index (χ3v) is 4.25. The fourth-order valence-electron chi connectivity index (χ4n) is 2.89. The van der Waals surface area contributed by atoms with Gasteiger partial charge in [-0.15, -0.1) is 0 Å². The summed E-state index contributed by atoms with van der Waals surface area (Å²) in [4.78, 5) is 18.6. The lowest BCUT2D eigenvalue weighted by molar-refractivity contribution is -0.131. The molecule has 1 aliphatic rings. The number of aromatic nitrogens is 3. The molecule has 6 nitrogen and oxygen atoms in total. The van der Waals surface area contributed by atoms with E-state index in [1.165, 1.54) is 5.56 Å². The Labute approximate surface area is 129 Å². The summed E-state index contributed by atoms with van der Waals surface area (Å²) in [6.45, 7) is 6.14. The molecule has 0 aromatic carbocycles. The van der Waals surface area contributed by atoms with Crippen LogP contribution in [0.15, 0.2) is 24.5 Å². The van der Waals surface area contributed by atoms with Crippen LogP contribution in [0, 0.1) is 13.8 Å². The first-order chi connectivity index (χ1) is 10.6. The minimum Gasteiger partial charge on any atom is -0.339 e. The van der Waals surface area contributed by atoms with E-state index in [9.17, 15) is 4.79 Å². The number of nitrogens with zero attached hydrogens (tertiary/aromatic N) is 3. The zero-order valence-electron chi connectivity index (χ0n) is 13.0. The van der Waals surface area contributed by atoms with Crippen molar-refractivity contribution in [3.63, 3.8) is 0 Å². The molecule has 3 heterocycles. The molecule has 3 rings (SSSR count). The van der Waals surface area contributed by atoms with E-state index in [2.05, 4.69) is 20.5 Å². The summed E-state index contributed by atoms with van der Waals surface area (Å²) in [6, 6.07) is 4.17. The predicted octanol–water partition coefficient (Wildman–Crippen LogP) is 1.14. The van der Waals surface area contributed by atoms with Crippen molar-refractivity contribution in [2.75, 3.05) is 19.6 Å². The van der Waals surface area contributed by atoms with Crippen LogP contribution in [0.25, 0.3) is 0 Å². The van der Waals surface area contributed by atoms with Crippen molar-refractivity contribution in [2.45, 2.75) is 26.3 Å². The van der Waals surface area contributed by atoms with E-state index in [0.29, 0.717) is 13.0 Å². The van der Waals surface area contributed by atoms with Crippen molar-refractivity contribution in [2.24, 2.45) is 0 Å². The molecule has 1 saturated heterocycles. The Balaban J connectivity index is 1.68. The molecule has 0 bridgehead atoms. The Morgan fingerprint density at radius 1 is 1.36 bits per heavy atom. The maximum Gasteiger partial charge on any atom is 0.227 e. The van der Waals surface area contributed by atoms with Gasteiger partial charge in [-0.25, -0.2) is 0 Å². The number of amides is 1. The second kappa shape index (κ2) is 6.27. The maximum absolute atomic E-state index is 12.6. The Morgan fingerprint density at radius 3 is 2.82 bits per heavy atom. The molecule has 116 valence electrons. The van der Waals surface area contributed by atoms with Crippen LogP contribution in [0.1, 0.15) is 28.6 Å². The van der Waals surface area contributed by atoms with Gasteiger partial charge in [0.1, 0.15) is 0 Å². The first-order valence-electron chi connectivity index (χ1n) is 7.56. The number of piperazine rings is 1. The minimum absolute atomic E-state index is 0.160. The lowest BCUT2D eigenvalue weighted by atomic mass is 10.0. The molecule has 1 fully saturated rings. The van der Waals surface area contributed by atoms with Crippen molar-refractivity contribution in [3.8, 4) is 0 Å². The summed E-state index contributed by atoms with van der Waals surface area (Å²) in [5.74, 6) is 0.160. The van der Waals surface area contributed by atoms with Crippen LogP contribution in [-0.2, 0) is 11.2 Å². The van der Waals surface area contributed by atoms with Crippen LogP contribution in [-0.4, -0.2) is 45.6 Å². The van der Waals surface area contributed by atoms with Gasteiger partial charge in [0.15, 0.2) is 0 Å². The number of rotatable bonds is 3. The van der Waals surface area contributed by atoms with E-state index in [0.717, 1.165) is 30.0 Å². The second-order valence-electron chi connectivity index (χ2n) is 5.72. The molecule has 2 N–H and O–H groups in total. The van der Waals surface area contributed by atoms with E-state index in [1.807, 2.05) is 30.9 Å². The van der Waals surface area contributed by atoms with E-state index in [-0.39, 0.29) is 11.9 Å². The van der Waals surface area contributed by atoms with Crippen molar-refractivity contribution in [1.29, 1.82) is 0 Å². The second-order valence-corrected chi connectivity index (χ2v) is 5.72. The molecule has 1 atom stereocenters. The van der Waals surface area contributed by atoms with E-state index in [4.69, 9.17) is 0 Å². The van der Waals surface area contributed by atoms with Gasteiger partial charge in [-0.05, 0) is 31.5 Å². The van der Waals surface area contributed by atoms with Gasteiger partial charge in [0.05, 0.1) is 18.2 Å². The lowest BCUT2D eigenvalue weighted by Crippen LogP contribution is -2.48. The third-order valence-electron chi connectivity index (χ3n) is 4.25. The van der Waals surface area contributed by atoms with Gasteiger partial charge < -0.3 is 10.2 Å². The van der Waals surface area contributed by atoms with Gasteiger partial charge in [-0.1, -0.05) is 0 Å². The highest BCUT2D eigenvalue weighted by molar-refractivity contribution is 5.79. The quantitative estimate of drug-likeness (QED) is 0.891. The molecule has 2 aromatic rings. The number of hydrogen-bond donors (Lipinski definition) is 2. The van der Waals surface area contributed by atoms with Crippen molar-refractivity contribution >= 4 is 5.91 Å². The number of aromatic amines is 1. The van der Waals surface area contributed by atoms with Crippen LogP contribution in [0.5, 0.6) is 0 Å². The molecule has 0 aliphatic carbocycles. The predicted molar refractivity (Wildman–Crippen MR) is 83.3 cm³/mol. The number of H-pyrrole nitrogens is 1. The van der Waals surface area contributed by atoms with Gasteiger partial charge in [0.2, 0.25) is 5.91 Å². The maximum atomic E-state index is 12.6. The molecule has 0 radical (unpaired) electrons. The van der Waals surface area contributed by atoms with Crippen LogP contribution in [0.4, 0.5) is 0 Å². The number of aryl methyl sites for hydroxylation is 2. The van der Waals surface area contributed by atoms with Crippen LogP contribution < -0.4 is 5.32 Å². The van der Waals surface area contributed by atoms with E-state index >= 15 is 0 Å². The molecule has 2 aromatic heterocycles. The van der Waals surface area contributed by atoms with Crippen LogP contribution in [0.3, 0.4) is 0 Å². The zero-order valence-corrected chi connectivity index (χ0v) is 13.0. The number of pyridine rings is 1. The molecule has 1 amide bonds. The average molecular weight is 299 g/mol. The van der Waals surface area contributed by atoms with Gasteiger partial charge in [-0.3, -0.25) is 14.9 Å². The summed E-state index contributed by atoms with van der Waals surface area (Å²) in [5.41, 5.74) is 4.07. The SMILES string of the molecule is Cc1n[nH]c(C)c1CC(=O)N1CCNC(c2ccncc2)C1. The molecule has 6 heteroatoms. The Bertz CT molecular complexity index is 632. The fourth-order valence-corrected chi connectivity index (χ4v) is 2.89. The average Bonchev–Trinajstić information content (AvgIpc) is 2.88. The Kier molecular flexibility index (Phi) is 4.20. The monoisotopic (exact) mass is 299 g/mol. The first kappa shape index (κ1) is 14.7. The normalized spacial score (nSPS) is 18.5. The molecule has 0 saturated carbocycles. The molecule has 22 heavy (non-hydrogen) atoms. The highest BCUT2D eigenvalue weighted by Crippen LogP contribution is 2.18. The lowest BCUT2D eigenvalue weighted by Gasteiger charge is -2.34. The number of carbonyl (C=O) groups excluding carboxylic acids is 1. The summed E-state index contributed by atoms with van der Waals surface area (Å²) in [7, 11) is 0. The Hall–Kier alpha value is -2.21. The molecule has 1 unspecified atom stereocenters. The summed E-state index contributed by atoms with van der Waals surface area (Å²) in [5, 5.41) is 10.6. The van der Waals surface area contributed by atoms with Crippen molar-refractivity contribution < 1.29 is 4.79 Å². The van der Waals surface area contributed by atoms with E-state index < -0.39 is 0 Å². The summed E-state index contributed by atoms with van der Waals surface area (Å²) >= 11 is 0. The van der Waals surface area contributed by atoms with Gasteiger partial charge in [0, 0.05) is 43.3 Å². The van der Waals surface area contributed by atoms with Crippen molar-refractivity contribution in [1.82, 2.24) is 25.4 Å².